The molecule has 18 heteroatoms. The summed E-state index contributed by atoms with van der Waals surface area (Å²) in [5.41, 5.74) is 11.4. The Morgan fingerprint density at radius 2 is 0.654 bits per heavy atom. The van der Waals surface area contributed by atoms with Crippen molar-refractivity contribution in [2.45, 2.75) is 177 Å². The first kappa shape index (κ1) is 66.2. The zero-order valence-corrected chi connectivity index (χ0v) is 61.9. The Kier molecular flexibility index (Phi) is 16.6. The molecule has 4 saturated carbocycles. The van der Waals surface area contributed by atoms with Crippen molar-refractivity contribution in [2.24, 2.45) is 11.8 Å². The van der Waals surface area contributed by atoms with Gasteiger partial charge in [-0.2, -0.15) is 42.1 Å². The quantitative estimate of drug-likeness (QED) is 0.136. The lowest BCUT2D eigenvalue weighted by atomic mass is 9.64. The second-order valence-corrected chi connectivity index (χ2v) is 36.0. The molecule has 0 N–H and O–H groups in total. The summed E-state index contributed by atoms with van der Waals surface area (Å²) in [6.45, 7) is 0. The Morgan fingerprint density at radius 1 is 0.337 bits per heavy atom. The van der Waals surface area contributed by atoms with E-state index in [0.717, 1.165) is 231 Å². The molecule has 4 spiro atoms. The summed E-state index contributed by atoms with van der Waals surface area (Å²) in [6, 6.07) is 43.5. The standard InChI is InChI=1S/C86H66N8O4S6/c87-41-49(42-88)29-59-13-15-73(99-59)77-39-67-81(103-77)63-36-72-64(35-70(63)96-84(67)23-5-2-6-24-84)82-68(40-78(104-82)74-16-14-60(100-74)30-50(43-89)44-90)86(98-72)27-19-52(20-28-86)51-17-25-85(26-18-51)66-38-76(56-12-8-10-54(32-56)58(47-93)48-94)102-80(66)62-33-69-61(34-71(62)97-85)79-65(83(95-69)21-3-1-4-22-83)37-75(101-79)55-11-7-9-53(31-55)57(45-91)46-92/h13-16,29-40,51-52H,1-12,17-28H2. The summed E-state index contributed by atoms with van der Waals surface area (Å²) in [6.07, 6.45) is 30.1. The van der Waals surface area contributed by atoms with E-state index in [4.69, 9.17) is 18.9 Å². The van der Waals surface area contributed by atoms with Gasteiger partial charge < -0.3 is 18.9 Å². The SMILES string of the molecule is N#CC(C#N)=Cc1ccc(-c2cc3c(s2)-c2cc4c(cc2OC32CCCCC2)-c2sc(-c3ccc(C=C(C#N)C#N)s3)cc2C2(CCC(C3CCC5(CC3)Oc3cc6c(cc3-c3sc(C7=CC(=C(C#N)C#N)CCC7)cc35)OC3(CCCCC3)c3cc(C5=CC(=C(C#N)C#N)CCC5)sc3-6)CC2)O4)s1. The maximum absolute atomic E-state index is 10.0. The molecule has 0 amide bonds. The topological polar surface area (TPSA) is 227 Å². The number of hydrogen-bond donors (Lipinski definition) is 0. The highest BCUT2D eigenvalue weighted by atomic mass is 32.1. The van der Waals surface area contributed by atoms with Crippen LogP contribution in [0.25, 0.3) is 84.6 Å². The Hall–Kier alpha value is -9.80. The molecule has 0 bridgehead atoms. The fourth-order valence-corrected chi connectivity index (χ4v) is 26.0. The first-order chi connectivity index (χ1) is 50.9. The summed E-state index contributed by atoms with van der Waals surface area (Å²) in [5, 5.41) is 78.5. The van der Waals surface area contributed by atoms with E-state index < -0.39 is 22.4 Å². The van der Waals surface area contributed by atoms with Gasteiger partial charge >= 0.3 is 0 Å². The molecule has 104 heavy (non-hydrogen) atoms. The summed E-state index contributed by atoms with van der Waals surface area (Å²) >= 11 is 10.4. The number of hydrogen-bond acceptors (Lipinski definition) is 18. The zero-order chi connectivity index (χ0) is 70.6. The Labute approximate surface area is 628 Å². The molecule has 6 aromatic heterocycles. The van der Waals surface area contributed by atoms with Crippen LogP contribution in [0, 0.1) is 102 Å². The Morgan fingerprint density at radius 3 is 0.981 bits per heavy atom. The van der Waals surface area contributed by atoms with E-state index in [1.54, 1.807) is 57.5 Å². The van der Waals surface area contributed by atoms with Crippen LogP contribution in [0.2, 0.25) is 0 Å². The Balaban J connectivity index is 0.680. The first-order valence-corrected chi connectivity index (χ1v) is 41.2. The number of rotatable bonds is 7. The molecule has 4 aliphatic heterocycles. The number of ether oxygens (including phenoxy) is 4. The van der Waals surface area contributed by atoms with Gasteiger partial charge in [0, 0.05) is 103 Å². The van der Waals surface area contributed by atoms with E-state index in [-0.39, 0.29) is 22.3 Å². The number of allylic oxidation sites excluding steroid dienone is 10. The number of benzene rings is 2. The highest BCUT2D eigenvalue weighted by Gasteiger charge is 2.53. The molecular formula is C86H66N8O4S6. The highest BCUT2D eigenvalue weighted by molar-refractivity contribution is 7.25. The van der Waals surface area contributed by atoms with Crippen LogP contribution in [0.5, 0.6) is 23.0 Å². The van der Waals surface area contributed by atoms with Crippen molar-refractivity contribution in [1.82, 2.24) is 0 Å². The van der Waals surface area contributed by atoms with Gasteiger partial charge in [0.2, 0.25) is 0 Å². The summed E-state index contributed by atoms with van der Waals surface area (Å²) in [4.78, 5) is 13.2. The summed E-state index contributed by atoms with van der Waals surface area (Å²) < 4.78 is 30.5. The third kappa shape index (κ3) is 11.0. The lowest BCUT2D eigenvalue weighted by Gasteiger charge is -2.48. The summed E-state index contributed by atoms with van der Waals surface area (Å²) in [5.74, 6) is 4.41. The van der Waals surface area contributed by atoms with Crippen molar-refractivity contribution in [3.63, 3.8) is 0 Å². The van der Waals surface area contributed by atoms with Crippen molar-refractivity contribution in [2.75, 3.05) is 0 Å². The van der Waals surface area contributed by atoms with Gasteiger partial charge in [-0.1, -0.05) is 25.0 Å². The molecule has 10 heterocycles. The first-order valence-electron chi connectivity index (χ1n) is 36.3. The average molecular weight is 1470 g/mol. The van der Waals surface area contributed by atoms with E-state index in [9.17, 15) is 42.1 Å². The number of nitrogens with zero attached hydrogens (tertiary/aromatic N) is 8. The van der Waals surface area contributed by atoms with Crippen LogP contribution in [0.4, 0.5) is 0 Å². The van der Waals surface area contributed by atoms with E-state index in [1.165, 1.54) is 58.6 Å². The monoisotopic (exact) mass is 1470 g/mol. The smallest absolute Gasteiger partial charge is 0.135 e. The van der Waals surface area contributed by atoms with Crippen molar-refractivity contribution >= 4 is 91.3 Å². The van der Waals surface area contributed by atoms with Crippen molar-refractivity contribution in [1.29, 1.82) is 42.1 Å². The van der Waals surface area contributed by atoms with E-state index in [2.05, 4.69) is 97.1 Å². The number of thiophene rings is 6. The molecule has 510 valence electrons. The lowest BCUT2D eigenvalue weighted by Crippen LogP contribution is -2.43. The highest BCUT2D eigenvalue weighted by Crippen LogP contribution is 2.66. The molecule has 6 aliphatic carbocycles. The van der Waals surface area contributed by atoms with Gasteiger partial charge in [-0.3, -0.25) is 0 Å². The van der Waals surface area contributed by atoms with Crippen LogP contribution in [-0.2, 0) is 22.4 Å². The minimum Gasteiger partial charge on any atom is -0.482 e. The molecule has 0 radical (unpaired) electrons. The van der Waals surface area contributed by atoms with Gasteiger partial charge in [0.05, 0.1) is 0 Å². The molecule has 0 saturated heterocycles. The molecule has 0 atom stereocenters. The second kappa shape index (κ2) is 26.1. The maximum atomic E-state index is 10.0. The molecular weight excluding hydrogens is 1400 g/mol. The van der Waals surface area contributed by atoms with Crippen LogP contribution in [0.1, 0.15) is 196 Å². The van der Waals surface area contributed by atoms with E-state index >= 15 is 0 Å². The molecule has 0 unspecified atom stereocenters. The van der Waals surface area contributed by atoms with Gasteiger partial charge in [0.25, 0.3) is 0 Å². The predicted octanol–water partition coefficient (Wildman–Crippen LogP) is 24.1. The van der Waals surface area contributed by atoms with Gasteiger partial charge in [-0.05, 0) is 260 Å². The maximum Gasteiger partial charge on any atom is 0.135 e. The molecule has 10 aliphatic rings. The van der Waals surface area contributed by atoms with Gasteiger partial charge in [0.15, 0.2) is 0 Å². The van der Waals surface area contributed by atoms with Crippen LogP contribution in [0.15, 0.2) is 118 Å². The van der Waals surface area contributed by atoms with Gasteiger partial charge in [-0.15, -0.1) is 68.0 Å². The van der Waals surface area contributed by atoms with Gasteiger partial charge in [-0.25, -0.2) is 0 Å². The molecule has 12 nitrogen and oxygen atoms in total. The van der Waals surface area contributed by atoms with Crippen LogP contribution < -0.4 is 18.9 Å². The average Bonchev–Trinajstić information content (AvgIpc) is 1.40. The normalized spacial score (nSPS) is 22.2. The number of nitriles is 8. The molecule has 8 aromatic rings. The minimum atomic E-state index is -0.598. The predicted molar refractivity (Wildman–Crippen MR) is 411 cm³/mol. The molecule has 2 aromatic carbocycles. The summed E-state index contributed by atoms with van der Waals surface area (Å²) in [7, 11) is 0. The van der Waals surface area contributed by atoms with Crippen LogP contribution >= 0.6 is 68.0 Å². The zero-order valence-electron chi connectivity index (χ0n) is 57.0. The lowest BCUT2D eigenvalue weighted by molar-refractivity contribution is -0.0283. The third-order valence-electron chi connectivity index (χ3n) is 23.9. The fourth-order valence-electron chi connectivity index (χ4n) is 18.8. The number of fused-ring (bicyclic) bond motifs is 16. The molecule has 18 rings (SSSR count). The largest absolute Gasteiger partial charge is 0.482 e. The Bertz CT molecular complexity index is 5510. The van der Waals surface area contributed by atoms with Crippen molar-refractivity contribution < 1.29 is 18.9 Å². The van der Waals surface area contributed by atoms with Crippen molar-refractivity contribution in [3.05, 3.63) is 160 Å². The van der Waals surface area contributed by atoms with Crippen molar-refractivity contribution in [3.8, 4) is 133 Å². The molecule has 4 fully saturated rings. The van der Waals surface area contributed by atoms with Crippen LogP contribution in [-0.4, -0.2) is 0 Å². The minimum absolute atomic E-state index is 0.0698. The fraction of sp³-hybridized carbons (Fsp3) is 0.349. The van der Waals surface area contributed by atoms with Crippen LogP contribution in [0.3, 0.4) is 0 Å². The van der Waals surface area contributed by atoms with Gasteiger partial charge in [0.1, 0.15) is 116 Å². The third-order valence-corrected chi connectivity index (χ3v) is 31.2. The van der Waals surface area contributed by atoms with E-state index in [0.29, 0.717) is 24.7 Å². The van der Waals surface area contributed by atoms with E-state index in [1.807, 2.05) is 59.1 Å². The second-order valence-electron chi connectivity index (χ2n) is 29.5.